The molecule has 1 amide bonds. The van der Waals surface area contributed by atoms with Gasteiger partial charge >= 0.3 is 0 Å². The first kappa shape index (κ1) is 24.3. The summed E-state index contributed by atoms with van der Waals surface area (Å²) < 4.78 is 25.2. The standard InChI is InChI=1S/C30H33FN2O3/c1-35-24-9-6-21(7-10-24)20-33-14-12-30(13-15-33)18-29(34)32-19-28(30)26-11-8-23(31)17-27(26)22-4-3-5-25(16-22)36-2/h3-11,16-17,28H,12-15,18-20H2,1-2H3,(H,32,34). The molecule has 0 aliphatic carbocycles. The van der Waals surface area contributed by atoms with Gasteiger partial charge < -0.3 is 14.8 Å². The van der Waals surface area contributed by atoms with Crippen molar-refractivity contribution < 1.29 is 18.7 Å². The number of nitrogens with zero attached hydrogens (tertiary/aromatic N) is 1. The molecular weight excluding hydrogens is 455 g/mol. The lowest BCUT2D eigenvalue weighted by molar-refractivity contribution is -0.128. The first-order chi connectivity index (χ1) is 17.5. The van der Waals surface area contributed by atoms with Crippen LogP contribution >= 0.6 is 0 Å². The quantitative estimate of drug-likeness (QED) is 0.505. The van der Waals surface area contributed by atoms with Crippen molar-refractivity contribution in [2.24, 2.45) is 5.41 Å². The molecule has 5 nitrogen and oxygen atoms in total. The number of benzene rings is 3. The number of halogens is 1. The number of amides is 1. The molecular formula is C30H33FN2O3. The Morgan fingerprint density at radius 2 is 1.72 bits per heavy atom. The van der Waals surface area contributed by atoms with Crippen LogP contribution in [0.3, 0.4) is 0 Å². The van der Waals surface area contributed by atoms with Crippen LogP contribution in [-0.2, 0) is 11.3 Å². The number of hydrogen-bond donors (Lipinski definition) is 1. The zero-order chi connectivity index (χ0) is 25.1. The molecule has 0 saturated carbocycles. The van der Waals surface area contributed by atoms with Crippen LogP contribution in [0.15, 0.2) is 66.7 Å². The topological polar surface area (TPSA) is 50.8 Å². The first-order valence-corrected chi connectivity index (χ1v) is 12.6. The van der Waals surface area contributed by atoms with Gasteiger partial charge in [-0.1, -0.05) is 30.3 Å². The molecule has 1 unspecified atom stereocenters. The molecule has 2 aliphatic rings. The highest BCUT2D eigenvalue weighted by molar-refractivity contribution is 5.79. The lowest BCUT2D eigenvalue weighted by Crippen LogP contribution is -2.52. The number of ether oxygens (including phenoxy) is 2. The molecule has 36 heavy (non-hydrogen) atoms. The molecule has 1 spiro atoms. The SMILES string of the molecule is COc1ccc(CN2CCC3(CC2)CC(=O)NCC3c2ccc(F)cc2-c2cccc(OC)c2)cc1. The van der Waals surface area contributed by atoms with Crippen LogP contribution in [0.2, 0.25) is 0 Å². The third-order valence-electron chi connectivity index (χ3n) is 7.94. The molecule has 5 rings (SSSR count). The van der Waals surface area contributed by atoms with Crippen LogP contribution < -0.4 is 14.8 Å². The van der Waals surface area contributed by atoms with Crippen molar-refractivity contribution in [2.45, 2.75) is 31.7 Å². The van der Waals surface area contributed by atoms with Gasteiger partial charge in [-0.05, 0) is 90.0 Å². The summed E-state index contributed by atoms with van der Waals surface area (Å²) in [6, 6.07) is 21.1. The summed E-state index contributed by atoms with van der Waals surface area (Å²) in [6.45, 7) is 3.29. The first-order valence-electron chi connectivity index (χ1n) is 12.6. The fourth-order valence-corrected chi connectivity index (χ4v) is 5.92. The Morgan fingerprint density at radius 1 is 0.972 bits per heavy atom. The van der Waals surface area contributed by atoms with Crippen molar-refractivity contribution >= 4 is 5.91 Å². The van der Waals surface area contributed by atoms with E-state index in [2.05, 4.69) is 22.3 Å². The monoisotopic (exact) mass is 488 g/mol. The molecule has 1 atom stereocenters. The maximum absolute atomic E-state index is 14.5. The van der Waals surface area contributed by atoms with Crippen LogP contribution in [0.1, 0.15) is 36.3 Å². The second-order valence-corrected chi connectivity index (χ2v) is 9.98. The molecule has 0 aromatic heterocycles. The minimum absolute atomic E-state index is 0.111. The molecule has 0 radical (unpaired) electrons. The van der Waals surface area contributed by atoms with E-state index in [-0.39, 0.29) is 23.1 Å². The second kappa shape index (κ2) is 10.3. The Balaban J connectivity index is 1.41. The zero-order valence-corrected chi connectivity index (χ0v) is 20.9. The van der Waals surface area contributed by atoms with Gasteiger partial charge in [0.2, 0.25) is 5.91 Å². The second-order valence-electron chi connectivity index (χ2n) is 9.98. The molecule has 3 aromatic carbocycles. The van der Waals surface area contributed by atoms with E-state index in [1.807, 2.05) is 42.5 Å². The van der Waals surface area contributed by atoms with Gasteiger partial charge in [0.05, 0.1) is 14.2 Å². The Kier molecular flexibility index (Phi) is 6.97. The molecule has 188 valence electrons. The van der Waals surface area contributed by atoms with Crippen LogP contribution in [0, 0.1) is 11.2 Å². The molecule has 3 aromatic rings. The highest BCUT2D eigenvalue weighted by atomic mass is 19.1. The van der Waals surface area contributed by atoms with Gasteiger partial charge in [0.15, 0.2) is 0 Å². The van der Waals surface area contributed by atoms with E-state index < -0.39 is 0 Å². The molecule has 2 fully saturated rings. The summed E-state index contributed by atoms with van der Waals surface area (Å²) >= 11 is 0. The summed E-state index contributed by atoms with van der Waals surface area (Å²) in [5.41, 5.74) is 3.99. The van der Waals surface area contributed by atoms with E-state index in [4.69, 9.17) is 9.47 Å². The lowest BCUT2D eigenvalue weighted by atomic mass is 9.61. The number of hydrogen-bond acceptors (Lipinski definition) is 4. The summed E-state index contributed by atoms with van der Waals surface area (Å²) in [7, 11) is 3.31. The Labute approximate surface area is 212 Å². The number of piperidine rings is 2. The number of likely N-dealkylation sites (tertiary alicyclic amines) is 1. The average Bonchev–Trinajstić information content (AvgIpc) is 2.91. The van der Waals surface area contributed by atoms with Crippen molar-refractivity contribution in [3.8, 4) is 22.6 Å². The largest absolute Gasteiger partial charge is 0.497 e. The van der Waals surface area contributed by atoms with Crippen molar-refractivity contribution in [2.75, 3.05) is 33.9 Å². The highest BCUT2D eigenvalue weighted by Crippen LogP contribution is 2.51. The van der Waals surface area contributed by atoms with E-state index in [0.29, 0.717) is 13.0 Å². The average molecular weight is 489 g/mol. The van der Waals surface area contributed by atoms with Crippen molar-refractivity contribution in [3.63, 3.8) is 0 Å². The minimum Gasteiger partial charge on any atom is -0.497 e. The molecule has 2 heterocycles. The van der Waals surface area contributed by atoms with Gasteiger partial charge in [-0.3, -0.25) is 9.69 Å². The van der Waals surface area contributed by atoms with Gasteiger partial charge in [0.25, 0.3) is 0 Å². The maximum Gasteiger partial charge on any atom is 0.220 e. The van der Waals surface area contributed by atoms with Gasteiger partial charge in [0, 0.05) is 25.4 Å². The van der Waals surface area contributed by atoms with E-state index in [1.54, 1.807) is 26.4 Å². The van der Waals surface area contributed by atoms with Gasteiger partial charge in [0.1, 0.15) is 17.3 Å². The predicted octanol–water partition coefficient (Wildman–Crippen LogP) is 5.40. The fraction of sp³-hybridized carbons (Fsp3) is 0.367. The Hall–Kier alpha value is -3.38. The number of nitrogens with one attached hydrogen (secondary N) is 1. The van der Waals surface area contributed by atoms with Gasteiger partial charge in [-0.25, -0.2) is 4.39 Å². The van der Waals surface area contributed by atoms with Crippen LogP contribution in [-0.4, -0.2) is 44.7 Å². The van der Waals surface area contributed by atoms with Gasteiger partial charge in [-0.2, -0.15) is 0 Å². The number of carbonyl (C=O) groups excluding carboxylic acids is 1. The summed E-state index contributed by atoms with van der Waals surface area (Å²) in [5, 5.41) is 3.10. The van der Waals surface area contributed by atoms with E-state index >= 15 is 0 Å². The number of methoxy groups -OCH3 is 2. The summed E-state index contributed by atoms with van der Waals surface area (Å²) in [5.74, 6) is 1.56. The van der Waals surface area contributed by atoms with E-state index in [0.717, 1.165) is 60.7 Å². The highest BCUT2D eigenvalue weighted by Gasteiger charge is 2.46. The molecule has 6 heteroatoms. The molecule has 1 N–H and O–H groups in total. The van der Waals surface area contributed by atoms with Crippen molar-refractivity contribution in [1.82, 2.24) is 10.2 Å². The van der Waals surface area contributed by atoms with Crippen LogP contribution in [0.25, 0.3) is 11.1 Å². The van der Waals surface area contributed by atoms with E-state index in [9.17, 15) is 9.18 Å². The summed E-state index contributed by atoms with van der Waals surface area (Å²) in [6.07, 6.45) is 2.36. The number of carbonyl (C=O) groups is 1. The van der Waals surface area contributed by atoms with Gasteiger partial charge in [-0.15, -0.1) is 0 Å². The summed E-state index contributed by atoms with van der Waals surface area (Å²) in [4.78, 5) is 15.1. The Bertz CT molecular complexity index is 1220. The third-order valence-corrected chi connectivity index (χ3v) is 7.94. The van der Waals surface area contributed by atoms with Crippen LogP contribution in [0.4, 0.5) is 4.39 Å². The predicted molar refractivity (Wildman–Crippen MR) is 139 cm³/mol. The Morgan fingerprint density at radius 3 is 2.44 bits per heavy atom. The molecule has 0 bridgehead atoms. The fourth-order valence-electron chi connectivity index (χ4n) is 5.92. The van der Waals surface area contributed by atoms with E-state index in [1.165, 1.54) is 5.56 Å². The maximum atomic E-state index is 14.5. The molecule has 2 aliphatic heterocycles. The zero-order valence-electron chi connectivity index (χ0n) is 20.9. The number of rotatable bonds is 6. The smallest absolute Gasteiger partial charge is 0.220 e. The normalized spacial score (nSPS) is 19.6. The molecule has 2 saturated heterocycles. The minimum atomic E-state index is -0.264. The van der Waals surface area contributed by atoms with Crippen LogP contribution in [0.5, 0.6) is 11.5 Å². The van der Waals surface area contributed by atoms with Crippen molar-refractivity contribution in [1.29, 1.82) is 0 Å². The third kappa shape index (κ3) is 4.96. The lowest BCUT2D eigenvalue weighted by Gasteiger charge is -2.49. The van der Waals surface area contributed by atoms with Crippen molar-refractivity contribution in [3.05, 3.63) is 83.7 Å².